The summed E-state index contributed by atoms with van der Waals surface area (Å²) in [6.45, 7) is 4.86. The molecule has 1 aromatic carbocycles. The highest BCUT2D eigenvalue weighted by Crippen LogP contribution is 2.28. The molecule has 2 rings (SSSR count). The lowest BCUT2D eigenvalue weighted by molar-refractivity contribution is 0.123. The second-order valence-corrected chi connectivity index (χ2v) is 7.34. The normalized spacial score (nSPS) is 15.4. The molecule has 0 unspecified atom stereocenters. The smallest absolute Gasteiger partial charge is 0.241 e. The van der Waals surface area contributed by atoms with Crippen molar-refractivity contribution in [2.75, 3.05) is 19.8 Å². The Bertz CT molecular complexity index is 574. The SMILES string of the molecule is Cc1cc(F)cc(C)c1S(=O)(=O)NCCCOCC1CC1. The first-order valence-electron chi connectivity index (χ1n) is 7.24. The first-order chi connectivity index (χ1) is 9.90. The fourth-order valence-electron chi connectivity index (χ4n) is 2.31. The number of aryl methyl sites for hydroxylation is 2. The van der Waals surface area contributed by atoms with Gasteiger partial charge in [-0.05, 0) is 62.3 Å². The van der Waals surface area contributed by atoms with Crippen LogP contribution in [0.15, 0.2) is 17.0 Å². The van der Waals surface area contributed by atoms with Crippen molar-refractivity contribution in [3.8, 4) is 0 Å². The molecule has 4 nitrogen and oxygen atoms in total. The summed E-state index contributed by atoms with van der Waals surface area (Å²) >= 11 is 0. The molecule has 6 heteroatoms. The predicted octanol–water partition coefficient (Wildman–Crippen LogP) is 2.54. The number of benzene rings is 1. The molecule has 0 aromatic heterocycles. The lowest BCUT2D eigenvalue weighted by atomic mass is 10.1. The number of hydrogen-bond donors (Lipinski definition) is 1. The van der Waals surface area contributed by atoms with E-state index in [2.05, 4.69) is 4.72 Å². The van der Waals surface area contributed by atoms with Gasteiger partial charge >= 0.3 is 0 Å². The molecule has 0 atom stereocenters. The number of sulfonamides is 1. The van der Waals surface area contributed by atoms with Gasteiger partial charge in [0.05, 0.1) is 4.90 Å². The maximum atomic E-state index is 13.2. The van der Waals surface area contributed by atoms with Crippen LogP contribution >= 0.6 is 0 Å². The summed E-state index contributed by atoms with van der Waals surface area (Å²) < 4.78 is 45.8. The molecule has 118 valence electrons. The van der Waals surface area contributed by atoms with E-state index < -0.39 is 15.8 Å². The fraction of sp³-hybridized carbons (Fsp3) is 0.600. The molecular weight excluding hydrogens is 293 g/mol. The van der Waals surface area contributed by atoms with Gasteiger partial charge in [0.25, 0.3) is 0 Å². The highest BCUT2D eigenvalue weighted by molar-refractivity contribution is 7.89. The number of nitrogens with one attached hydrogen (secondary N) is 1. The van der Waals surface area contributed by atoms with Crippen molar-refractivity contribution < 1.29 is 17.5 Å². The van der Waals surface area contributed by atoms with E-state index in [0.29, 0.717) is 36.6 Å². The van der Waals surface area contributed by atoms with E-state index in [1.807, 2.05) is 0 Å². The molecular formula is C15H22FNO3S. The zero-order chi connectivity index (χ0) is 15.5. The fourth-order valence-corrected chi connectivity index (χ4v) is 3.83. The first kappa shape index (κ1) is 16.4. The van der Waals surface area contributed by atoms with Gasteiger partial charge in [-0.15, -0.1) is 0 Å². The van der Waals surface area contributed by atoms with Crippen molar-refractivity contribution in [1.29, 1.82) is 0 Å². The van der Waals surface area contributed by atoms with Gasteiger partial charge in [-0.3, -0.25) is 0 Å². The minimum atomic E-state index is -3.60. The molecule has 1 N–H and O–H groups in total. The second kappa shape index (κ2) is 6.85. The van der Waals surface area contributed by atoms with Gasteiger partial charge in [0.2, 0.25) is 10.0 Å². The van der Waals surface area contributed by atoms with Crippen LogP contribution in [0, 0.1) is 25.6 Å². The third kappa shape index (κ3) is 4.76. The van der Waals surface area contributed by atoms with Crippen LogP contribution in [0.2, 0.25) is 0 Å². The van der Waals surface area contributed by atoms with Crippen molar-refractivity contribution in [3.63, 3.8) is 0 Å². The minimum absolute atomic E-state index is 0.169. The van der Waals surface area contributed by atoms with E-state index >= 15 is 0 Å². The Morgan fingerprint density at radius 3 is 2.48 bits per heavy atom. The van der Waals surface area contributed by atoms with Crippen LogP contribution < -0.4 is 4.72 Å². The van der Waals surface area contributed by atoms with Crippen LogP contribution in [-0.4, -0.2) is 28.2 Å². The molecule has 0 aliphatic heterocycles. The molecule has 1 aromatic rings. The van der Waals surface area contributed by atoms with Crippen molar-refractivity contribution in [1.82, 2.24) is 4.72 Å². The Balaban J connectivity index is 1.86. The summed E-state index contributed by atoms with van der Waals surface area (Å²) in [5.41, 5.74) is 0.843. The number of halogens is 1. The van der Waals surface area contributed by atoms with Crippen molar-refractivity contribution >= 4 is 10.0 Å². The van der Waals surface area contributed by atoms with Crippen molar-refractivity contribution in [2.45, 2.75) is 38.0 Å². The maximum absolute atomic E-state index is 13.2. The van der Waals surface area contributed by atoms with Gasteiger partial charge in [0, 0.05) is 19.8 Å². The van der Waals surface area contributed by atoms with Crippen LogP contribution in [0.4, 0.5) is 4.39 Å². The van der Waals surface area contributed by atoms with Gasteiger partial charge in [0.15, 0.2) is 0 Å². The summed E-state index contributed by atoms with van der Waals surface area (Å²) in [7, 11) is -3.60. The van der Waals surface area contributed by atoms with E-state index in [4.69, 9.17) is 4.74 Å². The molecule has 1 aliphatic rings. The highest BCUT2D eigenvalue weighted by Gasteiger charge is 2.21. The summed E-state index contributed by atoms with van der Waals surface area (Å²) in [6.07, 6.45) is 3.12. The third-order valence-electron chi connectivity index (χ3n) is 3.50. The molecule has 0 radical (unpaired) electrons. The van der Waals surface area contributed by atoms with Crippen LogP contribution in [0.5, 0.6) is 0 Å². The predicted molar refractivity (Wildman–Crippen MR) is 79.2 cm³/mol. The van der Waals surface area contributed by atoms with Gasteiger partial charge in [-0.2, -0.15) is 0 Å². The molecule has 1 fully saturated rings. The first-order valence-corrected chi connectivity index (χ1v) is 8.72. The Morgan fingerprint density at radius 2 is 1.90 bits per heavy atom. The molecule has 1 aliphatic carbocycles. The lowest BCUT2D eigenvalue weighted by Crippen LogP contribution is -2.27. The molecule has 1 saturated carbocycles. The minimum Gasteiger partial charge on any atom is -0.381 e. The third-order valence-corrected chi connectivity index (χ3v) is 5.27. The van der Waals surface area contributed by atoms with Gasteiger partial charge in [-0.25, -0.2) is 17.5 Å². The average molecular weight is 315 g/mol. The van der Waals surface area contributed by atoms with Crippen LogP contribution in [0.25, 0.3) is 0 Å². The molecule has 0 amide bonds. The van der Waals surface area contributed by atoms with Gasteiger partial charge < -0.3 is 4.74 Å². The Labute approximate surface area is 125 Å². The number of rotatable bonds is 8. The van der Waals surface area contributed by atoms with E-state index in [-0.39, 0.29) is 4.90 Å². The zero-order valence-corrected chi connectivity index (χ0v) is 13.3. The molecule has 0 spiro atoms. The standard InChI is InChI=1S/C15H22FNO3S/c1-11-8-14(16)9-12(2)15(11)21(18,19)17-6-3-7-20-10-13-4-5-13/h8-9,13,17H,3-7,10H2,1-2H3. The number of ether oxygens (including phenoxy) is 1. The Kier molecular flexibility index (Phi) is 5.35. The highest BCUT2D eigenvalue weighted by atomic mass is 32.2. The summed E-state index contributed by atoms with van der Waals surface area (Å²) in [6, 6.07) is 2.47. The molecule has 21 heavy (non-hydrogen) atoms. The van der Waals surface area contributed by atoms with E-state index in [1.165, 1.54) is 25.0 Å². The maximum Gasteiger partial charge on any atom is 0.241 e. The zero-order valence-electron chi connectivity index (χ0n) is 12.5. The van der Waals surface area contributed by atoms with Crippen LogP contribution in [0.3, 0.4) is 0 Å². The molecule has 0 bridgehead atoms. The monoisotopic (exact) mass is 315 g/mol. The van der Waals surface area contributed by atoms with Crippen molar-refractivity contribution in [3.05, 3.63) is 29.1 Å². The van der Waals surface area contributed by atoms with Crippen LogP contribution in [-0.2, 0) is 14.8 Å². The van der Waals surface area contributed by atoms with Crippen molar-refractivity contribution in [2.24, 2.45) is 5.92 Å². The van der Waals surface area contributed by atoms with Crippen LogP contribution in [0.1, 0.15) is 30.4 Å². The Hall–Kier alpha value is -0.980. The van der Waals surface area contributed by atoms with E-state index in [0.717, 1.165) is 6.61 Å². The van der Waals surface area contributed by atoms with E-state index in [1.54, 1.807) is 13.8 Å². The van der Waals surface area contributed by atoms with Gasteiger partial charge in [0.1, 0.15) is 5.82 Å². The topological polar surface area (TPSA) is 55.4 Å². The van der Waals surface area contributed by atoms with E-state index in [9.17, 15) is 12.8 Å². The number of hydrogen-bond acceptors (Lipinski definition) is 3. The summed E-state index contributed by atoms with van der Waals surface area (Å²) in [5, 5.41) is 0. The average Bonchev–Trinajstić information content (AvgIpc) is 3.15. The summed E-state index contributed by atoms with van der Waals surface area (Å²) in [5.74, 6) is 0.295. The second-order valence-electron chi connectivity index (χ2n) is 5.64. The summed E-state index contributed by atoms with van der Waals surface area (Å²) in [4.78, 5) is 0.169. The molecule has 0 saturated heterocycles. The lowest BCUT2D eigenvalue weighted by Gasteiger charge is -2.12. The quantitative estimate of drug-likeness (QED) is 0.750. The Morgan fingerprint density at radius 1 is 1.29 bits per heavy atom. The van der Waals surface area contributed by atoms with Gasteiger partial charge in [-0.1, -0.05) is 0 Å². The molecule has 0 heterocycles. The largest absolute Gasteiger partial charge is 0.381 e.